The number of hydrogen-bond donors (Lipinski definition) is 5. The number of anilines is 1. The molecule has 1 fully saturated rings. The summed E-state index contributed by atoms with van der Waals surface area (Å²) in [6.45, 7) is -0.887. The molecule has 1 heterocycles. The number of halogens is 2. The number of rotatable bonds is 15. The predicted molar refractivity (Wildman–Crippen MR) is 160 cm³/mol. The fourth-order valence-corrected chi connectivity index (χ4v) is 5.87. The molecule has 0 bridgehead atoms. The highest BCUT2D eigenvalue weighted by Crippen LogP contribution is 2.46. The van der Waals surface area contributed by atoms with Crippen LogP contribution in [0.2, 0.25) is 0 Å². The van der Waals surface area contributed by atoms with Crippen LogP contribution >= 0.6 is 11.8 Å². The van der Waals surface area contributed by atoms with Crippen molar-refractivity contribution in [3.05, 3.63) is 95.6 Å². The van der Waals surface area contributed by atoms with Gasteiger partial charge in [-0.1, -0.05) is 24.3 Å². The highest BCUT2D eigenvalue weighted by Gasteiger charge is 2.49. The summed E-state index contributed by atoms with van der Waals surface area (Å²) in [5, 5.41) is 30.8. The maximum absolute atomic E-state index is 13.6. The highest BCUT2D eigenvalue weighted by atomic mass is 32.2. The summed E-state index contributed by atoms with van der Waals surface area (Å²) in [7, 11) is 0. The number of thioether (sulfide) groups is 1. The molecule has 0 aromatic heterocycles. The molecular weight excluding hydrogens is 612 g/mol. The lowest BCUT2D eigenvalue weighted by atomic mass is 9.92. The van der Waals surface area contributed by atoms with Gasteiger partial charge in [-0.15, -0.1) is 11.8 Å². The third-order valence-corrected chi connectivity index (χ3v) is 8.38. The number of aliphatic hydroxyl groups is 2. The van der Waals surface area contributed by atoms with Gasteiger partial charge in [0.05, 0.1) is 24.8 Å². The van der Waals surface area contributed by atoms with Gasteiger partial charge in [0.1, 0.15) is 28.7 Å². The van der Waals surface area contributed by atoms with Crippen LogP contribution in [0.25, 0.3) is 0 Å². The van der Waals surface area contributed by atoms with Gasteiger partial charge in [0, 0.05) is 17.9 Å². The summed E-state index contributed by atoms with van der Waals surface area (Å²) >= 11 is 1.24. The molecule has 1 aliphatic heterocycles. The molecule has 2 amide bonds. The number of β-lactam (4-membered cyclic amide) rings is 1. The second-order valence-corrected chi connectivity index (χ2v) is 11.4. The lowest BCUT2D eigenvalue weighted by molar-refractivity contribution is -0.141. The second-order valence-electron chi connectivity index (χ2n) is 10.3. The SMILES string of the molecule is N[C@H](C(=O)O)[C@H](O)CC(=O)CNC(=O)COc1ccc([C@@H]2[C@@H](SCC(O)c3ccc(F)cc3)C(=O)N2c2ccc(F)cc2)cc1. The number of nitrogens with two attached hydrogens (primary N) is 1. The first kappa shape index (κ1) is 33.5. The summed E-state index contributed by atoms with van der Waals surface area (Å²) in [5.74, 6) is -3.33. The lowest BCUT2D eigenvalue weighted by Gasteiger charge is -2.47. The third-order valence-electron chi connectivity index (χ3n) is 7.05. The number of hydrogen-bond acceptors (Lipinski definition) is 9. The smallest absolute Gasteiger partial charge is 0.323 e. The van der Waals surface area contributed by atoms with Crippen LogP contribution < -0.4 is 20.7 Å². The van der Waals surface area contributed by atoms with Crippen molar-refractivity contribution < 1.29 is 48.0 Å². The van der Waals surface area contributed by atoms with E-state index in [1.807, 2.05) is 0 Å². The van der Waals surface area contributed by atoms with Gasteiger partial charge in [0.25, 0.3) is 5.91 Å². The normalized spacial score (nSPS) is 18.0. The molecule has 45 heavy (non-hydrogen) atoms. The molecule has 0 aliphatic carbocycles. The van der Waals surface area contributed by atoms with E-state index >= 15 is 0 Å². The third kappa shape index (κ3) is 8.63. The lowest BCUT2D eigenvalue weighted by Crippen LogP contribution is -2.57. The topological polar surface area (TPSA) is 179 Å². The number of ether oxygens (including phenoxy) is 1. The van der Waals surface area contributed by atoms with Crippen LogP contribution in [-0.2, 0) is 19.2 Å². The monoisotopic (exact) mass is 643 g/mol. The van der Waals surface area contributed by atoms with Gasteiger partial charge >= 0.3 is 5.97 Å². The number of Topliss-reactive ketones (excluding diaryl/α,β-unsaturated/α-hetero) is 1. The van der Waals surface area contributed by atoms with E-state index in [-0.39, 0.29) is 11.7 Å². The maximum atomic E-state index is 13.6. The van der Waals surface area contributed by atoms with E-state index < -0.39 is 78.4 Å². The molecule has 4 rings (SSSR count). The molecule has 1 aliphatic rings. The number of aliphatic carboxylic acids is 1. The maximum Gasteiger partial charge on any atom is 0.323 e. The van der Waals surface area contributed by atoms with E-state index in [4.69, 9.17) is 15.6 Å². The van der Waals surface area contributed by atoms with Crippen LogP contribution in [0, 0.1) is 11.6 Å². The zero-order valence-electron chi connectivity index (χ0n) is 23.7. The Bertz CT molecular complexity index is 1510. The van der Waals surface area contributed by atoms with Crippen molar-refractivity contribution in [2.24, 2.45) is 5.73 Å². The molecule has 1 saturated heterocycles. The number of carbonyl (C=O) groups excluding carboxylic acids is 3. The van der Waals surface area contributed by atoms with Crippen LogP contribution in [0.4, 0.5) is 14.5 Å². The minimum atomic E-state index is -1.63. The minimum Gasteiger partial charge on any atom is -0.484 e. The molecule has 0 radical (unpaired) electrons. The molecule has 11 nitrogen and oxygen atoms in total. The van der Waals surface area contributed by atoms with Gasteiger partial charge in [0.15, 0.2) is 12.4 Å². The molecule has 3 aromatic carbocycles. The van der Waals surface area contributed by atoms with E-state index in [0.29, 0.717) is 22.6 Å². The zero-order valence-corrected chi connectivity index (χ0v) is 24.5. The predicted octanol–water partition coefficient (Wildman–Crippen LogP) is 2.12. The van der Waals surface area contributed by atoms with Gasteiger partial charge in [-0.05, 0) is 59.7 Å². The van der Waals surface area contributed by atoms with Gasteiger partial charge in [-0.25, -0.2) is 8.78 Å². The minimum absolute atomic E-state index is 0.167. The van der Waals surface area contributed by atoms with Crippen molar-refractivity contribution in [2.45, 2.75) is 36.0 Å². The number of carbonyl (C=O) groups is 4. The second kappa shape index (κ2) is 15.1. The van der Waals surface area contributed by atoms with Crippen molar-refractivity contribution in [2.75, 3.05) is 23.8 Å². The fourth-order valence-electron chi connectivity index (χ4n) is 4.57. The summed E-state index contributed by atoms with van der Waals surface area (Å²) in [4.78, 5) is 49.6. The first-order valence-electron chi connectivity index (χ1n) is 13.8. The Labute approximate surface area is 261 Å². The molecular formula is C31H31F2N3O8S. The van der Waals surface area contributed by atoms with Crippen molar-refractivity contribution in [3.63, 3.8) is 0 Å². The summed E-state index contributed by atoms with van der Waals surface area (Å²) < 4.78 is 32.3. The van der Waals surface area contributed by atoms with E-state index in [1.165, 1.54) is 65.2 Å². The molecule has 1 unspecified atom stereocenters. The average molecular weight is 644 g/mol. The standard InChI is InChI=1S/C31H31F2N3O8S/c32-19-5-1-17(2-6-19)25(39)16-45-29-28(36(30(29)41)21-9-7-20(33)8-10-21)18-3-11-23(12-4-18)44-15-26(40)35-14-22(37)13-24(38)27(34)31(42)43/h1-12,24-25,27-29,38-39H,13-16,34H2,(H,35,40)(H,42,43)/t24-,25?,27+,28-,29-/m1/s1. The quantitative estimate of drug-likeness (QED) is 0.154. The Morgan fingerprint density at radius 3 is 2.16 bits per heavy atom. The number of benzene rings is 3. The van der Waals surface area contributed by atoms with E-state index in [2.05, 4.69) is 5.32 Å². The first-order valence-corrected chi connectivity index (χ1v) is 14.8. The Kier molecular flexibility index (Phi) is 11.2. The van der Waals surface area contributed by atoms with Gasteiger partial charge in [-0.2, -0.15) is 0 Å². The Morgan fingerprint density at radius 2 is 1.56 bits per heavy atom. The van der Waals surface area contributed by atoms with E-state index in [1.54, 1.807) is 24.3 Å². The number of amides is 2. The molecule has 238 valence electrons. The number of ketones is 1. The molecule has 3 aromatic rings. The number of carboxylic acid groups (broad SMARTS) is 1. The molecule has 14 heteroatoms. The summed E-state index contributed by atoms with van der Waals surface area (Å²) in [6.07, 6.45) is -3.07. The fraction of sp³-hybridized carbons (Fsp3) is 0.290. The Morgan fingerprint density at radius 1 is 0.956 bits per heavy atom. The molecule has 0 saturated carbocycles. The van der Waals surface area contributed by atoms with Crippen molar-refractivity contribution in [1.82, 2.24) is 5.32 Å². The van der Waals surface area contributed by atoms with Crippen molar-refractivity contribution in [1.29, 1.82) is 0 Å². The Hall–Kier alpha value is -4.37. The number of nitrogens with one attached hydrogen (secondary N) is 1. The number of nitrogens with zero attached hydrogens (tertiary/aromatic N) is 1. The highest BCUT2D eigenvalue weighted by molar-refractivity contribution is 8.00. The summed E-state index contributed by atoms with van der Waals surface area (Å²) in [5.41, 5.74) is 6.98. The molecule has 0 spiro atoms. The first-order chi connectivity index (χ1) is 21.4. The zero-order chi connectivity index (χ0) is 32.7. The largest absolute Gasteiger partial charge is 0.484 e. The average Bonchev–Trinajstić information content (AvgIpc) is 3.02. The van der Waals surface area contributed by atoms with Gasteiger partial charge in [0.2, 0.25) is 5.91 Å². The van der Waals surface area contributed by atoms with Crippen molar-refractivity contribution >= 4 is 41.0 Å². The number of carboxylic acids is 1. The van der Waals surface area contributed by atoms with Crippen LogP contribution in [-0.4, -0.2) is 75.2 Å². The van der Waals surface area contributed by atoms with Gasteiger partial charge in [-0.3, -0.25) is 19.2 Å². The van der Waals surface area contributed by atoms with Crippen LogP contribution in [0.5, 0.6) is 5.75 Å². The van der Waals surface area contributed by atoms with Crippen LogP contribution in [0.15, 0.2) is 72.8 Å². The molecule has 6 N–H and O–H groups in total. The summed E-state index contributed by atoms with van der Waals surface area (Å²) in [6, 6.07) is 15.5. The van der Waals surface area contributed by atoms with E-state index in [9.17, 15) is 38.2 Å². The van der Waals surface area contributed by atoms with Gasteiger partial charge < -0.3 is 36.0 Å². The van der Waals surface area contributed by atoms with Crippen molar-refractivity contribution in [3.8, 4) is 5.75 Å². The molecule has 5 atom stereocenters. The van der Waals surface area contributed by atoms with E-state index in [0.717, 1.165) is 0 Å². The van der Waals surface area contributed by atoms with Crippen LogP contribution in [0.3, 0.4) is 0 Å². The Balaban J connectivity index is 1.36. The van der Waals surface area contributed by atoms with Crippen LogP contribution in [0.1, 0.15) is 29.7 Å². The number of aliphatic hydroxyl groups excluding tert-OH is 2.